The summed E-state index contributed by atoms with van der Waals surface area (Å²) < 4.78 is 24.9. The highest BCUT2D eigenvalue weighted by molar-refractivity contribution is 7.90. The van der Waals surface area contributed by atoms with Crippen LogP contribution in [0.2, 0.25) is 0 Å². The molecule has 0 aliphatic carbocycles. The lowest BCUT2D eigenvalue weighted by Gasteiger charge is -2.14. The van der Waals surface area contributed by atoms with E-state index in [0.717, 1.165) is 17.5 Å². The Balaban J connectivity index is 2.21. The molecular formula is C15H19N3O3S. The number of hydrogen-bond donors (Lipinski definition) is 1. The topological polar surface area (TPSA) is 81.1 Å². The molecule has 0 aliphatic heterocycles. The smallest absolute Gasteiger partial charge is 0.251 e. The van der Waals surface area contributed by atoms with Crippen molar-refractivity contribution in [3.8, 4) is 0 Å². The number of rotatable bonds is 4. The lowest BCUT2D eigenvalue weighted by molar-refractivity contribution is 0.0939. The van der Waals surface area contributed by atoms with Gasteiger partial charge in [-0.25, -0.2) is 8.42 Å². The zero-order chi connectivity index (χ0) is 16.5. The van der Waals surface area contributed by atoms with Gasteiger partial charge in [0, 0.05) is 30.1 Å². The van der Waals surface area contributed by atoms with Crippen LogP contribution in [0.25, 0.3) is 0 Å². The number of carbonyl (C=O) groups is 1. The van der Waals surface area contributed by atoms with Gasteiger partial charge >= 0.3 is 0 Å². The van der Waals surface area contributed by atoms with Gasteiger partial charge in [0.15, 0.2) is 9.84 Å². The first-order valence-corrected chi connectivity index (χ1v) is 8.69. The highest BCUT2D eigenvalue weighted by Gasteiger charge is 2.17. The molecular weight excluding hydrogens is 302 g/mol. The summed E-state index contributed by atoms with van der Waals surface area (Å²) >= 11 is 0. The molecule has 1 aromatic carbocycles. The third-order valence-electron chi connectivity index (χ3n) is 3.61. The lowest BCUT2D eigenvalue weighted by Crippen LogP contribution is -2.27. The van der Waals surface area contributed by atoms with E-state index in [1.54, 1.807) is 23.0 Å². The molecule has 0 bridgehead atoms. The maximum atomic E-state index is 12.3. The summed E-state index contributed by atoms with van der Waals surface area (Å²) in [4.78, 5) is 12.4. The first-order valence-electron chi connectivity index (χ1n) is 6.79. The number of nitrogens with one attached hydrogen (secondary N) is 1. The molecule has 0 saturated carbocycles. The standard InChI is InChI=1S/C15H19N3O3S/c1-10(14-9-16-18(3)11(14)2)17-15(19)12-6-5-7-13(8-12)22(4,20)21/h5-10H,1-4H3,(H,17,19). The second-order valence-corrected chi connectivity index (χ2v) is 7.32. The van der Waals surface area contributed by atoms with Crippen LogP contribution in [-0.2, 0) is 16.9 Å². The molecule has 0 aliphatic rings. The van der Waals surface area contributed by atoms with Crippen LogP contribution in [0.4, 0.5) is 0 Å². The molecule has 0 saturated heterocycles. The predicted molar refractivity (Wildman–Crippen MR) is 83.4 cm³/mol. The largest absolute Gasteiger partial charge is 0.345 e. The van der Waals surface area contributed by atoms with E-state index in [2.05, 4.69) is 10.4 Å². The zero-order valence-corrected chi connectivity index (χ0v) is 13.8. The van der Waals surface area contributed by atoms with Crippen molar-refractivity contribution in [1.29, 1.82) is 0 Å². The molecule has 0 radical (unpaired) electrons. The van der Waals surface area contributed by atoms with Crippen LogP contribution in [0.3, 0.4) is 0 Å². The van der Waals surface area contributed by atoms with E-state index in [-0.39, 0.29) is 16.8 Å². The fourth-order valence-electron chi connectivity index (χ4n) is 2.17. The van der Waals surface area contributed by atoms with E-state index in [4.69, 9.17) is 0 Å². The first-order chi connectivity index (χ1) is 10.2. The third-order valence-corrected chi connectivity index (χ3v) is 4.72. The molecule has 6 nitrogen and oxygen atoms in total. The number of aryl methyl sites for hydroxylation is 1. The summed E-state index contributed by atoms with van der Waals surface area (Å²) in [5, 5.41) is 7.01. The summed E-state index contributed by atoms with van der Waals surface area (Å²) in [6.45, 7) is 3.79. The normalized spacial score (nSPS) is 12.9. The van der Waals surface area contributed by atoms with Crippen LogP contribution < -0.4 is 5.32 Å². The van der Waals surface area contributed by atoms with E-state index in [1.807, 2.05) is 20.9 Å². The number of amides is 1. The monoisotopic (exact) mass is 321 g/mol. The Morgan fingerprint density at radius 1 is 1.36 bits per heavy atom. The minimum atomic E-state index is -3.34. The molecule has 118 valence electrons. The molecule has 2 aromatic rings. The zero-order valence-electron chi connectivity index (χ0n) is 13.0. The number of hydrogen-bond acceptors (Lipinski definition) is 4. The van der Waals surface area contributed by atoms with Crippen molar-refractivity contribution in [3.05, 3.63) is 47.3 Å². The van der Waals surface area contributed by atoms with Gasteiger partial charge in [-0.05, 0) is 32.0 Å². The molecule has 1 aromatic heterocycles. The van der Waals surface area contributed by atoms with E-state index in [0.29, 0.717) is 5.56 Å². The highest BCUT2D eigenvalue weighted by Crippen LogP contribution is 2.17. The average molecular weight is 321 g/mol. The van der Waals surface area contributed by atoms with Crippen molar-refractivity contribution in [2.24, 2.45) is 7.05 Å². The van der Waals surface area contributed by atoms with Crippen molar-refractivity contribution < 1.29 is 13.2 Å². The predicted octanol–water partition coefficient (Wildman–Crippen LogP) is 1.62. The van der Waals surface area contributed by atoms with E-state index in [9.17, 15) is 13.2 Å². The Hall–Kier alpha value is -2.15. The second kappa shape index (κ2) is 5.92. The number of nitrogens with zero attached hydrogens (tertiary/aromatic N) is 2. The molecule has 22 heavy (non-hydrogen) atoms. The van der Waals surface area contributed by atoms with Gasteiger partial charge in [-0.2, -0.15) is 5.10 Å². The van der Waals surface area contributed by atoms with Gasteiger partial charge in [-0.3, -0.25) is 9.48 Å². The SMILES string of the molecule is Cc1c(C(C)NC(=O)c2cccc(S(C)(=O)=O)c2)cnn1C. The highest BCUT2D eigenvalue weighted by atomic mass is 32.2. The van der Waals surface area contributed by atoms with Crippen molar-refractivity contribution in [2.75, 3.05) is 6.26 Å². The Labute approximate surface area is 130 Å². The van der Waals surface area contributed by atoms with Crippen LogP contribution >= 0.6 is 0 Å². The van der Waals surface area contributed by atoms with Crippen molar-refractivity contribution in [2.45, 2.75) is 24.8 Å². The fourth-order valence-corrected chi connectivity index (χ4v) is 2.83. The quantitative estimate of drug-likeness (QED) is 0.928. The Morgan fingerprint density at radius 3 is 2.59 bits per heavy atom. The van der Waals surface area contributed by atoms with Crippen molar-refractivity contribution in [3.63, 3.8) is 0 Å². The summed E-state index contributed by atoms with van der Waals surface area (Å²) in [5.74, 6) is -0.318. The average Bonchev–Trinajstić information content (AvgIpc) is 2.78. The van der Waals surface area contributed by atoms with Gasteiger partial charge in [0.25, 0.3) is 5.91 Å². The van der Waals surface area contributed by atoms with Gasteiger partial charge in [-0.15, -0.1) is 0 Å². The van der Waals surface area contributed by atoms with E-state index >= 15 is 0 Å². The van der Waals surface area contributed by atoms with Crippen LogP contribution in [0.5, 0.6) is 0 Å². The minimum absolute atomic E-state index is 0.130. The van der Waals surface area contributed by atoms with Gasteiger partial charge in [0.05, 0.1) is 17.1 Å². The number of aromatic nitrogens is 2. The molecule has 0 spiro atoms. The molecule has 1 unspecified atom stereocenters. The minimum Gasteiger partial charge on any atom is -0.345 e. The van der Waals surface area contributed by atoms with Gasteiger partial charge in [0.1, 0.15) is 0 Å². The summed E-state index contributed by atoms with van der Waals surface area (Å²) in [7, 11) is -1.50. The molecule has 1 heterocycles. The molecule has 1 atom stereocenters. The third kappa shape index (κ3) is 3.36. The second-order valence-electron chi connectivity index (χ2n) is 5.30. The van der Waals surface area contributed by atoms with Crippen LogP contribution in [0, 0.1) is 6.92 Å². The van der Waals surface area contributed by atoms with Crippen molar-refractivity contribution >= 4 is 15.7 Å². The van der Waals surface area contributed by atoms with Gasteiger partial charge in [-0.1, -0.05) is 6.07 Å². The summed E-state index contributed by atoms with van der Waals surface area (Å²) in [6.07, 6.45) is 2.83. The lowest BCUT2D eigenvalue weighted by atomic mass is 10.1. The molecule has 2 rings (SSSR count). The van der Waals surface area contributed by atoms with Crippen LogP contribution in [0.15, 0.2) is 35.4 Å². The maximum absolute atomic E-state index is 12.3. The molecule has 1 amide bonds. The fraction of sp³-hybridized carbons (Fsp3) is 0.333. The van der Waals surface area contributed by atoms with E-state index in [1.165, 1.54) is 12.1 Å². The Kier molecular flexibility index (Phi) is 4.37. The molecule has 7 heteroatoms. The number of carbonyl (C=O) groups excluding carboxylic acids is 1. The number of sulfone groups is 1. The Bertz CT molecular complexity index is 809. The van der Waals surface area contributed by atoms with E-state index < -0.39 is 9.84 Å². The Morgan fingerprint density at radius 2 is 2.05 bits per heavy atom. The van der Waals surface area contributed by atoms with Crippen molar-refractivity contribution in [1.82, 2.24) is 15.1 Å². The first kappa shape index (κ1) is 16.2. The molecule has 0 fully saturated rings. The van der Waals surface area contributed by atoms with Gasteiger partial charge in [0.2, 0.25) is 0 Å². The molecule has 1 N–H and O–H groups in total. The van der Waals surface area contributed by atoms with Crippen LogP contribution in [0.1, 0.15) is 34.6 Å². The van der Waals surface area contributed by atoms with Crippen LogP contribution in [-0.4, -0.2) is 30.4 Å². The summed E-state index contributed by atoms with van der Waals surface area (Å²) in [5.41, 5.74) is 2.21. The summed E-state index contributed by atoms with van der Waals surface area (Å²) in [6, 6.07) is 5.79. The maximum Gasteiger partial charge on any atom is 0.251 e. The van der Waals surface area contributed by atoms with Gasteiger partial charge < -0.3 is 5.32 Å². The number of benzene rings is 1.